The van der Waals surface area contributed by atoms with Gasteiger partial charge < -0.3 is 5.73 Å². The average molecular weight is 337 g/mol. The highest BCUT2D eigenvalue weighted by Crippen LogP contribution is 2.40. The van der Waals surface area contributed by atoms with Gasteiger partial charge in [-0.25, -0.2) is 0 Å². The third kappa shape index (κ3) is 3.27. The normalized spacial score (nSPS) is 14.1. The van der Waals surface area contributed by atoms with Crippen LogP contribution in [0.1, 0.15) is 35.3 Å². The van der Waals surface area contributed by atoms with Crippen LogP contribution in [0.4, 0.5) is 32.0 Å². The molecule has 0 aliphatic heterocycles. The number of nitrogens with two attached hydrogens (primary N) is 1. The van der Waals surface area contributed by atoms with Crippen LogP contribution in [0.3, 0.4) is 0 Å². The van der Waals surface area contributed by atoms with E-state index in [-0.39, 0.29) is 17.3 Å². The minimum Gasteiger partial charge on any atom is -0.396 e. The fourth-order valence-electron chi connectivity index (χ4n) is 2.30. The summed E-state index contributed by atoms with van der Waals surface area (Å²) in [5.74, 6) is 0. The monoisotopic (exact) mass is 337 g/mol. The Balaban J connectivity index is 2.60. The van der Waals surface area contributed by atoms with Gasteiger partial charge in [0.2, 0.25) is 0 Å². The van der Waals surface area contributed by atoms with E-state index in [9.17, 15) is 26.3 Å². The summed E-state index contributed by atoms with van der Waals surface area (Å²) in [6.07, 6.45) is -8.49. The molecule has 0 radical (unpaired) electrons. The van der Waals surface area contributed by atoms with E-state index in [1.807, 2.05) is 0 Å². The van der Waals surface area contributed by atoms with Gasteiger partial charge in [-0.3, -0.25) is 4.68 Å². The summed E-state index contributed by atoms with van der Waals surface area (Å²) in [4.78, 5) is 0. The molecule has 1 atom stereocenters. The van der Waals surface area contributed by atoms with Crippen molar-refractivity contribution in [2.75, 3.05) is 5.73 Å². The highest BCUT2D eigenvalue weighted by Gasteiger charge is 2.39. The van der Waals surface area contributed by atoms with Gasteiger partial charge in [-0.05, 0) is 31.5 Å². The fraction of sp³-hybridized carbons (Fsp3) is 0.357. The summed E-state index contributed by atoms with van der Waals surface area (Å²) in [6.45, 7) is 2.98. The number of anilines is 1. The van der Waals surface area contributed by atoms with Gasteiger partial charge in [0.1, 0.15) is 0 Å². The van der Waals surface area contributed by atoms with Crippen molar-refractivity contribution in [2.24, 2.45) is 0 Å². The van der Waals surface area contributed by atoms with E-state index >= 15 is 0 Å². The molecule has 0 fully saturated rings. The molecule has 0 saturated heterocycles. The van der Waals surface area contributed by atoms with Crippen LogP contribution in [0.15, 0.2) is 24.4 Å². The zero-order valence-electron chi connectivity index (χ0n) is 12.1. The summed E-state index contributed by atoms with van der Waals surface area (Å²) < 4.78 is 78.8. The maximum Gasteiger partial charge on any atom is 0.416 e. The quantitative estimate of drug-likeness (QED) is 0.825. The Hall–Kier alpha value is -2.19. The van der Waals surface area contributed by atoms with Crippen LogP contribution < -0.4 is 5.73 Å². The minimum atomic E-state index is -4.92. The molecule has 0 aliphatic carbocycles. The Kier molecular flexibility index (Phi) is 4.08. The van der Waals surface area contributed by atoms with E-state index in [1.54, 1.807) is 6.92 Å². The zero-order valence-corrected chi connectivity index (χ0v) is 12.1. The van der Waals surface area contributed by atoms with Crippen LogP contribution in [0, 0.1) is 6.92 Å². The second-order valence-corrected chi connectivity index (χ2v) is 5.10. The minimum absolute atomic E-state index is 0.119. The van der Waals surface area contributed by atoms with E-state index in [4.69, 9.17) is 5.73 Å². The molecule has 3 nitrogen and oxygen atoms in total. The van der Waals surface area contributed by atoms with Crippen LogP contribution in [0.5, 0.6) is 0 Å². The molecule has 1 heterocycles. The number of benzene rings is 1. The lowest BCUT2D eigenvalue weighted by atomic mass is 9.98. The molecule has 9 heteroatoms. The van der Waals surface area contributed by atoms with Gasteiger partial charge in [0.15, 0.2) is 0 Å². The number of hydrogen-bond acceptors (Lipinski definition) is 2. The number of rotatable bonds is 2. The van der Waals surface area contributed by atoms with Crippen molar-refractivity contribution >= 4 is 5.69 Å². The molecule has 0 aliphatic rings. The molecule has 2 rings (SSSR count). The summed E-state index contributed by atoms with van der Waals surface area (Å²) in [5, 5.41) is 3.89. The summed E-state index contributed by atoms with van der Waals surface area (Å²) in [6, 6.07) is 0.650. The molecule has 0 amide bonds. The van der Waals surface area contributed by atoms with Gasteiger partial charge in [0, 0.05) is 0 Å². The molecule has 0 spiro atoms. The zero-order chi connectivity index (χ0) is 17.6. The van der Waals surface area contributed by atoms with Gasteiger partial charge >= 0.3 is 12.4 Å². The Morgan fingerprint density at radius 3 is 2.13 bits per heavy atom. The van der Waals surface area contributed by atoms with E-state index in [0.717, 1.165) is 6.07 Å². The Morgan fingerprint density at radius 1 is 1.09 bits per heavy atom. The van der Waals surface area contributed by atoms with Crippen molar-refractivity contribution in [1.82, 2.24) is 9.78 Å². The largest absolute Gasteiger partial charge is 0.416 e. The molecule has 1 aromatic heterocycles. The third-order valence-corrected chi connectivity index (χ3v) is 3.59. The van der Waals surface area contributed by atoms with E-state index in [0.29, 0.717) is 11.8 Å². The van der Waals surface area contributed by atoms with Crippen LogP contribution in [-0.4, -0.2) is 9.78 Å². The molecule has 0 bridgehead atoms. The van der Waals surface area contributed by atoms with Crippen LogP contribution >= 0.6 is 0 Å². The van der Waals surface area contributed by atoms with Gasteiger partial charge in [-0.2, -0.15) is 31.4 Å². The van der Waals surface area contributed by atoms with E-state index in [2.05, 4.69) is 5.10 Å². The lowest BCUT2D eigenvalue weighted by molar-refractivity contribution is -0.143. The predicted molar refractivity (Wildman–Crippen MR) is 71.6 cm³/mol. The highest BCUT2D eigenvalue weighted by molar-refractivity contribution is 5.42. The number of halogens is 6. The van der Waals surface area contributed by atoms with Crippen LogP contribution in [0.2, 0.25) is 0 Å². The first-order valence-corrected chi connectivity index (χ1v) is 6.51. The number of nitrogens with zero attached hydrogens (tertiary/aromatic N) is 2. The number of alkyl halides is 6. The molecule has 23 heavy (non-hydrogen) atoms. The number of nitrogen functional groups attached to an aromatic ring is 1. The molecule has 2 aromatic rings. The molecule has 2 N–H and O–H groups in total. The Morgan fingerprint density at radius 2 is 1.70 bits per heavy atom. The SMILES string of the molecule is Cc1c(N)cnn1C(C)c1ccc(C(F)(F)F)cc1C(F)(F)F. The summed E-state index contributed by atoms with van der Waals surface area (Å²) >= 11 is 0. The fourth-order valence-corrected chi connectivity index (χ4v) is 2.30. The molecule has 0 saturated carbocycles. The second kappa shape index (κ2) is 5.47. The third-order valence-electron chi connectivity index (χ3n) is 3.59. The molecule has 1 unspecified atom stereocenters. The maximum absolute atomic E-state index is 13.2. The second-order valence-electron chi connectivity index (χ2n) is 5.10. The predicted octanol–water partition coefficient (Wildman–Crippen LogP) is 4.42. The van der Waals surface area contributed by atoms with Crippen molar-refractivity contribution in [3.63, 3.8) is 0 Å². The Bertz CT molecular complexity index is 714. The van der Waals surface area contributed by atoms with Crippen LogP contribution in [0.25, 0.3) is 0 Å². The molecule has 126 valence electrons. The van der Waals surface area contributed by atoms with Gasteiger partial charge in [-0.1, -0.05) is 6.07 Å². The summed E-state index contributed by atoms with van der Waals surface area (Å²) in [7, 11) is 0. The lowest BCUT2D eigenvalue weighted by Gasteiger charge is -2.21. The number of aromatic nitrogens is 2. The van der Waals surface area contributed by atoms with Gasteiger partial charge in [0.25, 0.3) is 0 Å². The van der Waals surface area contributed by atoms with Crippen molar-refractivity contribution in [3.05, 3.63) is 46.8 Å². The van der Waals surface area contributed by atoms with Crippen molar-refractivity contribution < 1.29 is 26.3 Å². The Labute approximate surface area is 127 Å². The molecular formula is C14H13F6N3. The first kappa shape index (κ1) is 17.2. The average Bonchev–Trinajstić information content (AvgIpc) is 2.75. The highest BCUT2D eigenvalue weighted by atomic mass is 19.4. The van der Waals surface area contributed by atoms with Gasteiger partial charge in [-0.15, -0.1) is 0 Å². The van der Waals surface area contributed by atoms with E-state index in [1.165, 1.54) is 17.8 Å². The van der Waals surface area contributed by atoms with Gasteiger partial charge in [0.05, 0.1) is 34.7 Å². The van der Waals surface area contributed by atoms with E-state index < -0.39 is 29.5 Å². The lowest BCUT2D eigenvalue weighted by Crippen LogP contribution is -2.18. The first-order valence-electron chi connectivity index (χ1n) is 6.51. The first-order chi connectivity index (χ1) is 10.4. The maximum atomic E-state index is 13.2. The standard InChI is InChI=1S/C14H13F6N3/c1-7(23-8(2)12(21)6-22-23)10-4-3-9(13(15,16)17)5-11(10)14(18,19)20/h3-7H,21H2,1-2H3. The summed E-state index contributed by atoms with van der Waals surface area (Å²) in [5.41, 5.74) is 3.33. The smallest absolute Gasteiger partial charge is 0.396 e. The molecular weight excluding hydrogens is 324 g/mol. The van der Waals surface area contributed by atoms with Crippen LogP contribution in [-0.2, 0) is 12.4 Å². The molecule has 1 aromatic carbocycles. The number of hydrogen-bond donors (Lipinski definition) is 1. The topological polar surface area (TPSA) is 43.8 Å². The van der Waals surface area contributed by atoms with Crippen molar-refractivity contribution in [2.45, 2.75) is 32.2 Å². The van der Waals surface area contributed by atoms with Crippen molar-refractivity contribution in [1.29, 1.82) is 0 Å². The van der Waals surface area contributed by atoms with Crippen molar-refractivity contribution in [3.8, 4) is 0 Å².